The van der Waals surface area contributed by atoms with Crippen molar-refractivity contribution in [3.63, 3.8) is 0 Å². The second-order valence-electron chi connectivity index (χ2n) is 5.08. The fraction of sp³-hybridized carbons (Fsp3) is 0.615. The number of nitrogens with zero attached hydrogens (tertiary/aromatic N) is 2. The number of aromatic nitrogens is 2. The smallest absolute Gasteiger partial charge is 0.219 e. The second-order valence-corrected chi connectivity index (χ2v) is 5.08. The Labute approximate surface area is 106 Å². The molecule has 1 aliphatic carbocycles. The maximum absolute atomic E-state index is 12.0. The van der Waals surface area contributed by atoms with Crippen molar-refractivity contribution in [2.24, 2.45) is 5.73 Å². The number of carbonyl (C=O) groups excluding carboxylic acids is 2. The van der Waals surface area contributed by atoms with Gasteiger partial charge in [-0.2, -0.15) is 5.10 Å². The Kier molecular flexibility index (Phi) is 3.50. The van der Waals surface area contributed by atoms with Gasteiger partial charge >= 0.3 is 0 Å². The Morgan fingerprint density at radius 2 is 2.17 bits per heavy atom. The maximum atomic E-state index is 12.0. The third kappa shape index (κ3) is 2.30. The highest BCUT2D eigenvalue weighted by atomic mass is 16.1. The maximum Gasteiger partial charge on any atom is 0.219 e. The molecule has 0 saturated heterocycles. The van der Waals surface area contributed by atoms with Crippen LogP contribution >= 0.6 is 0 Å². The van der Waals surface area contributed by atoms with E-state index in [9.17, 15) is 9.59 Å². The number of amides is 1. The molecule has 5 nitrogen and oxygen atoms in total. The molecule has 98 valence electrons. The molecule has 0 aromatic carbocycles. The van der Waals surface area contributed by atoms with Gasteiger partial charge in [-0.1, -0.05) is 13.8 Å². The molecule has 1 amide bonds. The quantitative estimate of drug-likeness (QED) is 0.876. The van der Waals surface area contributed by atoms with E-state index in [1.807, 2.05) is 13.8 Å². The molecule has 0 radical (unpaired) electrons. The highest BCUT2D eigenvalue weighted by Gasteiger charge is 2.27. The molecule has 1 aromatic rings. The number of Topliss-reactive ketones (excluding diaryl/α,β-unsaturated/α-hetero) is 1. The van der Waals surface area contributed by atoms with Gasteiger partial charge in [-0.15, -0.1) is 0 Å². The predicted octanol–water partition coefficient (Wildman–Crippen LogP) is 1.40. The molecule has 2 rings (SSSR count). The summed E-state index contributed by atoms with van der Waals surface area (Å²) in [5, 5.41) is 4.50. The van der Waals surface area contributed by atoms with Crippen LogP contribution < -0.4 is 5.73 Å². The summed E-state index contributed by atoms with van der Waals surface area (Å²) in [5.74, 6) is 0.0633. The van der Waals surface area contributed by atoms with E-state index in [2.05, 4.69) is 5.10 Å². The zero-order valence-corrected chi connectivity index (χ0v) is 10.9. The number of aryl methyl sites for hydroxylation is 1. The molecule has 5 heteroatoms. The fourth-order valence-electron chi connectivity index (χ4n) is 2.42. The number of ketones is 1. The van der Waals surface area contributed by atoms with E-state index in [0.717, 1.165) is 29.8 Å². The predicted molar refractivity (Wildman–Crippen MR) is 67.4 cm³/mol. The number of nitrogens with two attached hydrogens (primary N) is 1. The minimum absolute atomic E-state index is 0.185. The van der Waals surface area contributed by atoms with Crippen LogP contribution in [0.4, 0.5) is 0 Å². The first-order valence-electron chi connectivity index (χ1n) is 6.41. The van der Waals surface area contributed by atoms with E-state index < -0.39 is 0 Å². The van der Waals surface area contributed by atoms with Crippen LogP contribution in [0, 0.1) is 0 Å². The first-order chi connectivity index (χ1) is 8.50. The summed E-state index contributed by atoms with van der Waals surface area (Å²) in [6.07, 6.45) is 2.60. The van der Waals surface area contributed by atoms with Crippen LogP contribution in [0.5, 0.6) is 0 Å². The third-order valence-corrected chi connectivity index (χ3v) is 3.30. The molecule has 1 heterocycles. The van der Waals surface area contributed by atoms with Crippen LogP contribution in [-0.4, -0.2) is 21.5 Å². The molecule has 0 spiro atoms. The van der Waals surface area contributed by atoms with Crippen LogP contribution in [-0.2, 0) is 17.8 Å². The fourth-order valence-corrected chi connectivity index (χ4v) is 2.42. The molecule has 0 unspecified atom stereocenters. The van der Waals surface area contributed by atoms with E-state index in [1.165, 1.54) is 0 Å². The number of hydrogen-bond acceptors (Lipinski definition) is 3. The number of fused-ring (bicyclic) bond motifs is 1. The first-order valence-corrected chi connectivity index (χ1v) is 6.41. The Balaban J connectivity index is 2.39. The van der Waals surface area contributed by atoms with Crippen molar-refractivity contribution in [3.8, 4) is 0 Å². The minimum atomic E-state index is -0.340. The molecule has 0 atom stereocenters. The van der Waals surface area contributed by atoms with E-state index in [1.54, 1.807) is 4.68 Å². The van der Waals surface area contributed by atoms with Crippen LogP contribution in [0.2, 0.25) is 0 Å². The Hall–Kier alpha value is -1.65. The summed E-state index contributed by atoms with van der Waals surface area (Å²) < 4.78 is 1.80. The average molecular weight is 249 g/mol. The summed E-state index contributed by atoms with van der Waals surface area (Å²) in [4.78, 5) is 22.9. The summed E-state index contributed by atoms with van der Waals surface area (Å²) in [6.45, 7) is 4.53. The molecule has 1 aliphatic rings. The van der Waals surface area contributed by atoms with Gasteiger partial charge in [0.2, 0.25) is 5.91 Å². The summed E-state index contributed by atoms with van der Waals surface area (Å²) in [7, 11) is 0. The zero-order valence-electron chi connectivity index (χ0n) is 10.9. The minimum Gasteiger partial charge on any atom is -0.370 e. The summed E-state index contributed by atoms with van der Waals surface area (Å²) in [5.41, 5.74) is 7.80. The number of primary amides is 1. The van der Waals surface area contributed by atoms with Crippen molar-refractivity contribution in [1.82, 2.24) is 9.78 Å². The Morgan fingerprint density at radius 3 is 2.78 bits per heavy atom. The van der Waals surface area contributed by atoms with Gasteiger partial charge in [0.25, 0.3) is 0 Å². The van der Waals surface area contributed by atoms with Gasteiger partial charge in [0.05, 0.1) is 11.3 Å². The van der Waals surface area contributed by atoms with Gasteiger partial charge in [-0.05, 0) is 18.8 Å². The lowest BCUT2D eigenvalue weighted by Crippen LogP contribution is -2.18. The number of hydrogen-bond donors (Lipinski definition) is 1. The molecule has 1 aromatic heterocycles. The van der Waals surface area contributed by atoms with Gasteiger partial charge < -0.3 is 5.73 Å². The van der Waals surface area contributed by atoms with Crippen molar-refractivity contribution in [2.75, 3.05) is 0 Å². The molecule has 0 fully saturated rings. The molecule has 0 bridgehead atoms. The van der Waals surface area contributed by atoms with Gasteiger partial charge in [0.1, 0.15) is 0 Å². The lowest BCUT2D eigenvalue weighted by atomic mass is 9.91. The van der Waals surface area contributed by atoms with Gasteiger partial charge in [0, 0.05) is 25.1 Å². The van der Waals surface area contributed by atoms with Gasteiger partial charge in [-0.25, -0.2) is 0 Å². The lowest BCUT2D eigenvalue weighted by molar-refractivity contribution is -0.118. The van der Waals surface area contributed by atoms with Gasteiger partial charge in [-0.3, -0.25) is 14.3 Å². The normalized spacial score (nSPS) is 14.9. The monoisotopic (exact) mass is 249 g/mol. The zero-order chi connectivity index (χ0) is 13.3. The molecular weight excluding hydrogens is 230 g/mol. The highest BCUT2D eigenvalue weighted by Crippen LogP contribution is 2.28. The lowest BCUT2D eigenvalue weighted by Gasteiger charge is -2.13. The van der Waals surface area contributed by atoms with E-state index in [-0.39, 0.29) is 24.0 Å². The average Bonchev–Trinajstić information content (AvgIpc) is 2.67. The Morgan fingerprint density at radius 1 is 1.44 bits per heavy atom. The third-order valence-electron chi connectivity index (χ3n) is 3.30. The molecule has 0 aliphatic heterocycles. The number of carbonyl (C=O) groups is 2. The summed E-state index contributed by atoms with van der Waals surface area (Å²) in [6, 6.07) is 0. The molecule has 2 N–H and O–H groups in total. The first kappa shape index (κ1) is 12.8. The van der Waals surface area contributed by atoms with Crippen molar-refractivity contribution in [3.05, 3.63) is 17.0 Å². The van der Waals surface area contributed by atoms with Crippen LogP contribution in [0.3, 0.4) is 0 Å². The van der Waals surface area contributed by atoms with Crippen LogP contribution in [0.1, 0.15) is 60.8 Å². The van der Waals surface area contributed by atoms with E-state index in [0.29, 0.717) is 13.0 Å². The SMILES string of the molecule is CC(C)c1nn(CCC(N)=O)c2c1C(=O)CCC2. The second kappa shape index (κ2) is 4.92. The van der Waals surface area contributed by atoms with Crippen LogP contribution in [0.15, 0.2) is 0 Å². The number of rotatable bonds is 4. The molecular formula is C13H19N3O2. The highest BCUT2D eigenvalue weighted by molar-refractivity contribution is 5.99. The van der Waals surface area contributed by atoms with Gasteiger partial charge in [0.15, 0.2) is 5.78 Å². The topological polar surface area (TPSA) is 78.0 Å². The van der Waals surface area contributed by atoms with Crippen molar-refractivity contribution in [1.29, 1.82) is 0 Å². The summed E-state index contributed by atoms with van der Waals surface area (Å²) >= 11 is 0. The molecule has 0 saturated carbocycles. The standard InChI is InChI=1S/C13H19N3O2/c1-8(2)13-12-9(4-3-5-10(12)17)16(15-13)7-6-11(14)18/h8H,3-7H2,1-2H3,(H2,14,18). The van der Waals surface area contributed by atoms with E-state index >= 15 is 0 Å². The Bertz CT molecular complexity index is 489. The van der Waals surface area contributed by atoms with Crippen molar-refractivity contribution >= 4 is 11.7 Å². The van der Waals surface area contributed by atoms with Crippen molar-refractivity contribution in [2.45, 2.75) is 52.0 Å². The van der Waals surface area contributed by atoms with E-state index in [4.69, 9.17) is 5.73 Å². The largest absolute Gasteiger partial charge is 0.370 e. The molecule has 18 heavy (non-hydrogen) atoms. The van der Waals surface area contributed by atoms with Crippen molar-refractivity contribution < 1.29 is 9.59 Å². The van der Waals surface area contributed by atoms with Crippen LogP contribution in [0.25, 0.3) is 0 Å².